The molecule has 0 spiro atoms. The minimum atomic E-state index is -0.294. The predicted octanol–water partition coefficient (Wildman–Crippen LogP) is 2.92. The van der Waals surface area contributed by atoms with Gasteiger partial charge in [0.25, 0.3) is 0 Å². The van der Waals surface area contributed by atoms with E-state index in [0.717, 1.165) is 23.4 Å². The van der Waals surface area contributed by atoms with Crippen LogP contribution in [0.2, 0.25) is 0 Å². The zero-order valence-electron chi connectivity index (χ0n) is 16.7. The SMILES string of the molecule is COc1ccccc1[C@H]1c2ccc(O)cc2Oc2ncn(CCN(C)C)c(=N)c21. The molecular weight excluding hydrogens is 368 g/mol. The molecule has 0 fully saturated rings. The van der Waals surface area contributed by atoms with E-state index in [2.05, 4.69) is 9.88 Å². The van der Waals surface area contributed by atoms with Crippen LogP contribution in [0.15, 0.2) is 48.8 Å². The summed E-state index contributed by atoms with van der Waals surface area (Å²) in [6, 6.07) is 12.8. The summed E-state index contributed by atoms with van der Waals surface area (Å²) in [7, 11) is 5.64. The van der Waals surface area contributed by atoms with E-state index in [1.807, 2.05) is 49.0 Å². The number of rotatable bonds is 5. The summed E-state index contributed by atoms with van der Waals surface area (Å²) in [5, 5.41) is 18.8. The number of phenolic OH excluding ortho intramolecular Hbond substituents is 1. The van der Waals surface area contributed by atoms with Crippen molar-refractivity contribution in [2.75, 3.05) is 27.7 Å². The molecule has 1 aromatic heterocycles. The Morgan fingerprint density at radius 1 is 1.21 bits per heavy atom. The van der Waals surface area contributed by atoms with E-state index in [0.29, 0.717) is 29.2 Å². The molecule has 0 saturated heterocycles. The maximum absolute atomic E-state index is 9.94. The fourth-order valence-corrected chi connectivity index (χ4v) is 3.66. The summed E-state index contributed by atoms with van der Waals surface area (Å²) in [6.07, 6.45) is 1.64. The van der Waals surface area contributed by atoms with Crippen LogP contribution in [0.4, 0.5) is 0 Å². The van der Waals surface area contributed by atoms with Crippen LogP contribution in [0.1, 0.15) is 22.6 Å². The van der Waals surface area contributed by atoms with Crippen LogP contribution in [-0.4, -0.2) is 47.3 Å². The van der Waals surface area contributed by atoms with Gasteiger partial charge in [0.2, 0.25) is 5.88 Å². The summed E-state index contributed by atoms with van der Waals surface area (Å²) in [5.41, 5.74) is 2.83. The minimum Gasteiger partial charge on any atom is -0.508 e. The van der Waals surface area contributed by atoms with E-state index in [-0.39, 0.29) is 11.7 Å². The predicted molar refractivity (Wildman–Crippen MR) is 109 cm³/mol. The Bertz CT molecular complexity index is 1110. The second-order valence-electron chi connectivity index (χ2n) is 7.31. The maximum atomic E-state index is 9.94. The number of hydrogen-bond acceptors (Lipinski definition) is 6. The van der Waals surface area contributed by atoms with Gasteiger partial charge in [-0.2, -0.15) is 0 Å². The van der Waals surface area contributed by atoms with Crippen LogP contribution >= 0.6 is 0 Å². The first-order valence-corrected chi connectivity index (χ1v) is 9.42. The molecule has 0 aliphatic carbocycles. The molecular formula is C22H24N4O3. The molecule has 2 heterocycles. The molecule has 3 aromatic rings. The summed E-state index contributed by atoms with van der Waals surface area (Å²) >= 11 is 0. The molecule has 7 nitrogen and oxygen atoms in total. The Balaban J connectivity index is 1.94. The average molecular weight is 392 g/mol. The van der Waals surface area contributed by atoms with Gasteiger partial charge in [0.05, 0.1) is 18.6 Å². The van der Waals surface area contributed by atoms with E-state index in [1.54, 1.807) is 25.6 Å². The third-order valence-electron chi connectivity index (χ3n) is 5.13. The first-order chi connectivity index (χ1) is 14.0. The lowest BCUT2D eigenvalue weighted by molar-refractivity contribution is 0.369. The summed E-state index contributed by atoms with van der Waals surface area (Å²) in [4.78, 5) is 6.57. The normalized spacial score (nSPS) is 14.8. The first kappa shape index (κ1) is 19.0. The Labute approximate surface area is 169 Å². The number of ether oxygens (including phenoxy) is 2. The highest BCUT2D eigenvalue weighted by Gasteiger charge is 2.33. The van der Waals surface area contributed by atoms with Crippen molar-refractivity contribution in [3.8, 4) is 23.1 Å². The zero-order valence-corrected chi connectivity index (χ0v) is 16.7. The molecule has 7 heteroatoms. The number of phenols is 1. The quantitative estimate of drug-likeness (QED) is 0.546. The van der Waals surface area contributed by atoms with Gasteiger partial charge in [0.1, 0.15) is 29.1 Å². The number of nitrogens with zero attached hydrogens (tertiary/aromatic N) is 3. The average Bonchev–Trinajstić information content (AvgIpc) is 2.71. The van der Waals surface area contributed by atoms with E-state index < -0.39 is 0 Å². The second kappa shape index (κ2) is 7.60. The fraction of sp³-hybridized carbons (Fsp3) is 0.273. The van der Waals surface area contributed by atoms with Gasteiger partial charge in [-0.05, 0) is 26.2 Å². The van der Waals surface area contributed by atoms with Crippen LogP contribution in [-0.2, 0) is 6.54 Å². The van der Waals surface area contributed by atoms with Gasteiger partial charge in [-0.25, -0.2) is 4.98 Å². The fourth-order valence-electron chi connectivity index (χ4n) is 3.66. The Morgan fingerprint density at radius 2 is 2.00 bits per heavy atom. The monoisotopic (exact) mass is 392 g/mol. The third-order valence-corrected chi connectivity index (χ3v) is 5.13. The Kier molecular flexibility index (Phi) is 4.98. The van der Waals surface area contributed by atoms with Crippen LogP contribution < -0.4 is 15.0 Å². The number of aromatic hydroxyl groups is 1. The van der Waals surface area contributed by atoms with Crippen LogP contribution in [0.25, 0.3) is 0 Å². The number of aromatic nitrogens is 2. The highest BCUT2D eigenvalue weighted by Crippen LogP contribution is 2.47. The molecule has 29 heavy (non-hydrogen) atoms. The number of hydrogen-bond donors (Lipinski definition) is 2. The number of para-hydroxylation sites is 1. The summed E-state index contributed by atoms with van der Waals surface area (Å²) < 4.78 is 13.4. The number of methoxy groups -OCH3 is 1. The van der Waals surface area contributed by atoms with Crippen LogP contribution in [0.5, 0.6) is 23.1 Å². The molecule has 1 aliphatic heterocycles. The second-order valence-corrected chi connectivity index (χ2v) is 7.31. The van der Waals surface area contributed by atoms with E-state index in [4.69, 9.17) is 14.9 Å². The van der Waals surface area contributed by atoms with Crippen molar-refractivity contribution in [1.29, 1.82) is 5.41 Å². The molecule has 0 radical (unpaired) electrons. The molecule has 0 unspecified atom stereocenters. The van der Waals surface area contributed by atoms with Gasteiger partial charge >= 0.3 is 0 Å². The standard InChI is InChI=1S/C22H24N4O3/c1-25(2)10-11-26-13-24-22-20(21(26)23)19(15-6-4-5-7-17(15)28-3)16-9-8-14(27)12-18(16)29-22/h4-9,12-13,19,23,27H,10-11H2,1-3H3/t19-/m0/s1. The molecule has 0 amide bonds. The molecule has 150 valence electrons. The number of benzene rings is 2. The topological polar surface area (TPSA) is 83.6 Å². The van der Waals surface area contributed by atoms with Crippen molar-refractivity contribution in [1.82, 2.24) is 14.5 Å². The van der Waals surface area contributed by atoms with Gasteiger partial charge in [-0.1, -0.05) is 24.3 Å². The minimum absolute atomic E-state index is 0.119. The van der Waals surface area contributed by atoms with Crippen molar-refractivity contribution < 1.29 is 14.6 Å². The number of nitrogens with one attached hydrogen (secondary N) is 1. The van der Waals surface area contributed by atoms with E-state index in [9.17, 15) is 5.11 Å². The van der Waals surface area contributed by atoms with Gasteiger partial charge in [0.15, 0.2) is 0 Å². The van der Waals surface area contributed by atoms with Gasteiger partial charge in [-0.15, -0.1) is 0 Å². The van der Waals surface area contributed by atoms with Gasteiger partial charge in [0, 0.05) is 30.3 Å². The third kappa shape index (κ3) is 3.45. The molecule has 0 bridgehead atoms. The van der Waals surface area contributed by atoms with Gasteiger partial charge in [-0.3, -0.25) is 5.41 Å². The molecule has 0 saturated carbocycles. The Morgan fingerprint density at radius 3 is 2.76 bits per heavy atom. The largest absolute Gasteiger partial charge is 0.508 e. The van der Waals surface area contributed by atoms with E-state index in [1.165, 1.54) is 0 Å². The van der Waals surface area contributed by atoms with Crippen molar-refractivity contribution >= 4 is 0 Å². The number of likely N-dealkylation sites (N-methyl/N-ethyl adjacent to an activating group) is 1. The number of fused-ring (bicyclic) bond motifs is 2. The first-order valence-electron chi connectivity index (χ1n) is 9.42. The van der Waals surface area contributed by atoms with Crippen molar-refractivity contribution in [2.24, 2.45) is 0 Å². The van der Waals surface area contributed by atoms with Crippen molar-refractivity contribution in [3.63, 3.8) is 0 Å². The highest BCUT2D eigenvalue weighted by atomic mass is 16.5. The zero-order chi connectivity index (χ0) is 20.5. The van der Waals surface area contributed by atoms with Crippen LogP contribution in [0.3, 0.4) is 0 Å². The molecule has 2 N–H and O–H groups in total. The smallest absolute Gasteiger partial charge is 0.228 e. The molecule has 1 aliphatic rings. The summed E-state index contributed by atoms with van der Waals surface area (Å²) in [6.45, 7) is 1.44. The Hall–Kier alpha value is -3.32. The van der Waals surface area contributed by atoms with Crippen LogP contribution in [0, 0.1) is 5.41 Å². The van der Waals surface area contributed by atoms with Crippen molar-refractivity contribution in [3.05, 3.63) is 71.0 Å². The lowest BCUT2D eigenvalue weighted by Gasteiger charge is -2.29. The highest BCUT2D eigenvalue weighted by molar-refractivity contribution is 5.59. The molecule has 4 rings (SSSR count). The van der Waals surface area contributed by atoms with E-state index >= 15 is 0 Å². The summed E-state index contributed by atoms with van der Waals surface area (Å²) in [5.74, 6) is 1.47. The maximum Gasteiger partial charge on any atom is 0.228 e. The molecule has 2 aromatic carbocycles. The molecule has 1 atom stereocenters. The van der Waals surface area contributed by atoms with Crippen molar-refractivity contribution in [2.45, 2.75) is 12.5 Å². The van der Waals surface area contributed by atoms with Gasteiger partial charge < -0.3 is 24.0 Å². The lowest BCUT2D eigenvalue weighted by atomic mass is 9.83. The lowest BCUT2D eigenvalue weighted by Crippen LogP contribution is -2.32.